The van der Waals surface area contributed by atoms with Crippen molar-refractivity contribution in [2.75, 3.05) is 18.4 Å². The summed E-state index contributed by atoms with van der Waals surface area (Å²) in [5.41, 5.74) is 4.02. The first kappa shape index (κ1) is 22.7. The lowest BCUT2D eigenvalue weighted by molar-refractivity contribution is 0.0698. The average Bonchev–Trinajstić information content (AvgIpc) is 2.74. The van der Waals surface area contributed by atoms with Crippen LogP contribution in [-0.2, 0) is 0 Å². The SMILES string of the molecule is CC(=O)c1cccc(Nc2c(C(=O)N3CCC(C)CC3)cnc3nc(C)ccc23)c1.Cl. The molecule has 0 unspecified atom stereocenters. The highest BCUT2D eigenvalue weighted by Gasteiger charge is 2.25. The van der Waals surface area contributed by atoms with E-state index in [-0.39, 0.29) is 24.1 Å². The molecule has 1 aliphatic heterocycles. The van der Waals surface area contributed by atoms with E-state index < -0.39 is 0 Å². The van der Waals surface area contributed by atoms with Gasteiger partial charge in [0.2, 0.25) is 0 Å². The molecule has 1 N–H and O–H groups in total. The number of halogens is 1. The van der Waals surface area contributed by atoms with Gasteiger partial charge in [0.05, 0.1) is 11.3 Å². The van der Waals surface area contributed by atoms with Crippen molar-refractivity contribution >= 4 is 46.5 Å². The number of fused-ring (bicyclic) bond motifs is 1. The molecule has 6 nitrogen and oxygen atoms in total. The van der Waals surface area contributed by atoms with Crippen LogP contribution in [0.2, 0.25) is 0 Å². The fraction of sp³-hybridized carbons (Fsp3) is 0.333. The van der Waals surface area contributed by atoms with E-state index in [0.29, 0.717) is 28.4 Å². The van der Waals surface area contributed by atoms with Crippen molar-refractivity contribution in [2.24, 2.45) is 5.92 Å². The number of carbonyl (C=O) groups excluding carboxylic acids is 2. The lowest BCUT2D eigenvalue weighted by Gasteiger charge is -2.31. The number of Topliss-reactive ketones (excluding diaryl/α,β-unsaturated/α-hetero) is 1. The van der Waals surface area contributed by atoms with Crippen LogP contribution >= 0.6 is 12.4 Å². The molecule has 0 aliphatic carbocycles. The third-order valence-electron chi connectivity index (χ3n) is 5.71. The Morgan fingerprint density at radius 2 is 1.87 bits per heavy atom. The zero-order valence-electron chi connectivity index (χ0n) is 18.0. The van der Waals surface area contributed by atoms with Gasteiger partial charge >= 0.3 is 0 Å². The smallest absolute Gasteiger partial charge is 0.257 e. The zero-order chi connectivity index (χ0) is 21.3. The first-order valence-electron chi connectivity index (χ1n) is 10.4. The summed E-state index contributed by atoms with van der Waals surface area (Å²) in [6.07, 6.45) is 3.64. The van der Waals surface area contributed by atoms with Crippen molar-refractivity contribution in [3.05, 3.63) is 59.4 Å². The monoisotopic (exact) mass is 438 g/mol. The summed E-state index contributed by atoms with van der Waals surface area (Å²) in [7, 11) is 0. The quantitative estimate of drug-likeness (QED) is 0.568. The van der Waals surface area contributed by atoms with Gasteiger partial charge in [-0.1, -0.05) is 19.1 Å². The summed E-state index contributed by atoms with van der Waals surface area (Å²) in [6.45, 7) is 7.19. The van der Waals surface area contributed by atoms with Gasteiger partial charge in [-0.05, 0) is 56.9 Å². The number of carbonyl (C=O) groups is 2. The largest absolute Gasteiger partial charge is 0.354 e. The number of benzene rings is 1. The molecule has 7 heteroatoms. The van der Waals surface area contributed by atoms with E-state index in [1.807, 2.05) is 36.1 Å². The Kier molecular flexibility index (Phi) is 6.91. The zero-order valence-corrected chi connectivity index (χ0v) is 18.8. The number of piperidine rings is 1. The van der Waals surface area contributed by atoms with Crippen molar-refractivity contribution in [3.63, 3.8) is 0 Å². The molecule has 3 heterocycles. The number of nitrogens with one attached hydrogen (secondary N) is 1. The van der Waals surface area contributed by atoms with Crippen LogP contribution in [0.3, 0.4) is 0 Å². The number of anilines is 2. The Labute approximate surface area is 188 Å². The third kappa shape index (κ3) is 4.85. The fourth-order valence-electron chi connectivity index (χ4n) is 3.81. The first-order valence-corrected chi connectivity index (χ1v) is 10.4. The van der Waals surface area contributed by atoms with Gasteiger partial charge < -0.3 is 10.2 Å². The molecular formula is C24H27ClN4O2. The number of amides is 1. The van der Waals surface area contributed by atoms with Crippen molar-refractivity contribution in [2.45, 2.75) is 33.6 Å². The van der Waals surface area contributed by atoms with E-state index >= 15 is 0 Å². The number of pyridine rings is 2. The normalized spacial score (nSPS) is 14.2. The fourth-order valence-corrected chi connectivity index (χ4v) is 3.81. The molecule has 1 saturated heterocycles. The number of hydrogen-bond acceptors (Lipinski definition) is 5. The molecule has 1 amide bonds. The molecule has 162 valence electrons. The van der Waals surface area contributed by atoms with Crippen LogP contribution in [0.1, 0.15) is 53.1 Å². The predicted octanol–water partition coefficient (Wildman–Crippen LogP) is 5.18. The number of aryl methyl sites for hydroxylation is 1. The summed E-state index contributed by atoms with van der Waals surface area (Å²) < 4.78 is 0. The van der Waals surface area contributed by atoms with E-state index in [9.17, 15) is 9.59 Å². The Balaban J connectivity index is 0.00000272. The molecule has 1 aromatic carbocycles. The van der Waals surface area contributed by atoms with Gasteiger partial charge in [-0.3, -0.25) is 9.59 Å². The lowest BCUT2D eigenvalue weighted by Crippen LogP contribution is -2.38. The van der Waals surface area contributed by atoms with E-state index in [1.165, 1.54) is 0 Å². The van der Waals surface area contributed by atoms with Crippen molar-refractivity contribution < 1.29 is 9.59 Å². The predicted molar refractivity (Wildman–Crippen MR) is 126 cm³/mol. The van der Waals surface area contributed by atoms with Crippen LogP contribution < -0.4 is 5.32 Å². The number of nitrogens with zero attached hydrogens (tertiary/aromatic N) is 3. The summed E-state index contributed by atoms with van der Waals surface area (Å²) in [5.74, 6) is 0.610. The Morgan fingerprint density at radius 3 is 2.58 bits per heavy atom. The van der Waals surface area contributed by atoms with E-state index in [1.54, 1.807) is 25.3 Å². The minimum atomic E-state index is -0.0258. The molecule has 0 radical (unpaired) electrons. The van der Waals surface area contributed by atoms with Crippen LogP contribution in [0.5, 0.6) is 0 Å². The van der Waals surface area contributed by atoms with Crippen LogP contribution in [0.15, 0.2) is 42.6 Å². The highest BCUT2D eigenvalue weighted by Crippen LogP contribution is 2.31. The molecule has 0 bridgehead atoms. The maximum atomic E-state index is 13.4. The molecule has 0 spiro atoms. The molecule has 1 fully saturated rings. The number of likely N-dealkylation sites (tertiary alicyclic amines) is 1. The molecule has 0 saturated carbocycles. The van der Waals surface area contributed by atoms with E-state index in [4.69, 9.17) is 0 Å². The first-order chi connectivity index (χ1) is 14.4. The average molecular weight is 439 g/mol. The number of hydrogen-bond donors (Lipinski definition) is 1. The molecule has 31 heavy (non-hydrogen) atoms. The molecule has 3 aromatic rings. The van der Waals surface area contributed by atoms with Crippen molar-refractivity contribution in [1.82, 2.24) is 14.9 Å². The molecule has 1 aliphatic rings. The number of ketones is 1. The third-order valence-corrected chi connectivity index (χ3v) is 5.71. The minimum absolute atomic E-state index is 0. The van der Waals surface area contributed by atoms with Gasteiger partial charge in [-0.25, -0.2) is 9.97 Å². The second-order valence-corrected chi connectivity index (χ2v) is 8.11. The van der Waals surface area contributed by atoms with Crippen molar-refractivity contribution in [1.29, 1.82) is 0 Å². The topological polar surface area (TPSA) is 75.2 Å². The van der Waals surface area contributed by atoms with Crippen LogP contribution in [-0.4, -0.2) is 39.6 Å². The van der Waals surface area contributed by atoms with Gasteiger partial charge in [0.1, 0.15) is 0 Å². The Hall–Kier alpha value is -2.99. The maximum absolute atomic E-state index is 13.4. The van der Waals surface area contributed by atoms with E-state index in [2.05, 4.69) is 22.2 Å². The van der Waals surface area contributed by atoms with E-state index in [0.717, 1.165) is 42.7 Å². The number of rotatable bonds is 4. The van der Waals surface area contributed by atoms with Gasteiger partial charge in [0, 0.05) is 41.6 Å². The van der Waals surface area contributed by atoms with Crippen LogP contribution in [0.4, 0.5) is 11.4 Å². The molecule has 0 atom stereocenters. The maximum Gasteiger partial charge on any atom is 0.257 e. The number of aromatic nitrogens is 2. The summed E-state index contributed by atoms with van der Waals surface area (Å²) in [6, 6.07) is 11.2. The second kappa shape index (κ2) is 9.43. The van der Waals surface area contributed by atoms with Crippen molar-refractivity contribution in [3.8, 4) is 0 Å². The summed E-state index contributed by atoms with van der Waals surface area (Å²) in [5, 5.41) is 4.16. The van der Waals surface area contributed by atoms with Crippen LogP contribution in [0.25, 0.3) is 11.0 Å². The molecular weight excluding hydrogens is 412 g/mol. The molecule has 2 aromatic heterocycles. The van der Waals surface area contributed by atoms with Gasteiger partial charge in [-0.2, -0.15) is 0 Å². The second-order valence-electron chi connectivity index (χ2n) is 8.11. The Bertz CT molecular complexity index is 1120. The molecule has 4 rings (SSSR count). The van der Waals surface area contributed by atoms with Gasteiger partial charge in [0.15, 0.2) is 11.4 Å². The lowest BCUT2D eigenvalue weighted by atomic mass is 9.98. The summed E-state index contributed by atoms with van der Waals surface area (Å²) >= 11 is 0. The standard InChI is InChI=1S/C24H26N4O2.ClH/c1-15-9-11-28(12-10-15)24(30)21-14-25-23-20(8-7-16(2)26-23)22(21)27-19-6-4-5-18(13-19)17(3)29;/h4-8,13-15H,9-12H2,1-3H3,(H,25,26,27);1H. The highest BCUT2D eigenvalue weighted by atomic mass is 35.5. The highest BCUT2D eigenvalue weighted by molar-refractivity contribution is 6.07. The van der Waals surface area contributed by atoms with Gasteiger partial charge in [-0.15, -0.1) is 12.4 Å². The Morgan fingerprint density at radius 1 is 1.13 bits per heavy atom. The summed E-state index contributed by atoms with van der Waals surface area (Å²) in [4.78, 5) is 36.1. The minimum Gasteiger partial charge on any atom is -0.354 e. The van der Waals surface area contributed by atoms with Gasteiger partial charge in [0.25, 0.3) is 5.91 Å². The van der Waals surface area contributed by atoms with Crippen LogP contribution in [0, 0.1) is 12.8 Å².